The second-order valence-electron chi connectivity index (χ2n) is 4.19. The summed E-state index contributed by atoms with van der Waals surface area (Å²) < 4.78 is 14.9. The zero-order chi connectivity index (χ0) is 12.4. The van der Waals surface area contributed by atoms with E-state index in [1.165, 1.54) is 0 Å². The second kappa shape index (κ2) is 5.04. The quantitative estimate of drug-likeness (QED) is 0.865. The molecule has 1 aromatic carbocycles. The molecule has 1 amide bonds. The number of carbonyl (C=O) groups is 1. The van der Waals surface area contributed by atoms with Crippen molar-refractivity contribution in [3.63, 3.8) is 0 Å². The van der Waals surface area contributed by atoms with Gasteiger partial charge in [-0.3, -0.25) is 0 Å². The van der Waals surface area contributed by atoms with E-state index in [0.29, 0.717) is 13.0 Å². The Labute approximate surface area is 107 Å². The van der Waals surface area contributed by atoms with Crippen LogP contribution in [0.2, 0.25) is 0 Å². The van der Waals surface area contributed by atoms with Gasteiger partial charge in [-0.2, -0.15) is 0 Å². The Hall–Kier alpha value is -1.10. The molecule has 1 N–H and O–H groups in total. The third-order valence-corrected chi connectivity index (χ3v) is 3.64. The number of carboxylic acid groups (broad SMARTS) is 1. The Kier molecular flexibility index (Phi) is 3.66. The van der Waals surface area contributed by atoms with Crippen molar-refractivity contribution in [2.75, 3.05) is 13.1 Å². The van der Waals surface area contributed by atoms with Crippen LogP contribution in [0.3, 0.4) is 0 Å². The van der Waals surface area contributed by atoms with Gasteiger partial charge in [-0.1, -0.05) is 28.1 Å². The molecular weight excluding hydrogens is 289 g/mol. The smallest absolute Gasteiger partial charge is 0.407 e. The maximum absolute atomic E-state index is 13.9. The molecular formula is C12H13BrFNO2. The van der Waals surface area contributed by atoms with Crippen LogP contribution in [-0.4, -0.2) is 35.4 Å². The van der Waals surface area contributed by atoms with Crippen LogP contribution in [0, 0.1) is 0 Å². The molecule has 5 heteroatoms. The van der Waals surface area contributed by atoms with Crippen LogP contribution in [0.15, 0.2) is 28.7 Å². The summed E-state index contributed by atoms with van der Waals surface area (Å²) in [5, 5.41) is 8.80. The predicted molar refractivity (Wildman–Crippen MR) is 66.0 cm³/mol. The summed E-state index contributed by atoms with van der Waals surface area (Å²) in [4.78, 5) is 11.9. The number of hydrogen-bond acceptors (Lipinski definition) is 1. The van der Waals surface area contributed by atoms with Crippen LogP contribution in [0.4, 0.5) is 9.18 Å². The summed E-state index contributed by atoms with van der Waals surface area (Å²) in [6.07, 6.45) is -1.63. The molecule has 1 heterocycles. The lowest BCUT2D eigenvalue weighted by atomic mass is 9.88. The highest BCUT2D eigenvalue weighted by molar-refractivity contribution is 9.10. The summed E-state index contributed by atoms with van der Waals surface area (Å²) in [5.41, 5.74) is 0.936. The number of benzene rings is 1. The molecule has 1 fully saturated rings. The number of amides is 1. The van der Waals surface area contributed by atoms with E-state index in [4.69, 9.17) is 5.11 Å². The first-order valence-electron chi connectivity index (χ1n) is 5.45. The summed E-state index contributed by atoms with van der Waals surface area (Å²) in [6, 6.07) is 7.53. The van der Waals surface area contributed by atoms with Crippen LogP contribution in [-0.2, 0) is 0 Å². The number of piperidine rings is 1. The third-order valence-electron chi connectivity index (χ3n) is 3.11. The van der Waals surface area contributed by atoms with Crippen LogP contribution in [0.1, 0.15) is 17.9 Å². The van der Waals surface area contributed by atoms with Gasteiger partial charge in [0.05, 0.1) is 6.54 Å². The first-order valence-corrected chi connectivity index (χ1v) is 6.24. The van der Waals surface area contributed by atoms with Gasteiger partial charge in [-0.05, 0) is 24.1 Å². The fourth-order valence-corrected chi connectivity index (χ4v) is 2.43. The molecule has 2 rings (SSSR count). The van der Waals surface area contributed by atoms with Crippen LogP contribution in [0.5, 0.6) is 0 Å². The van der Waals surface area contributed by atoms with Crippen molar-refractivity contribution >= 4 is 22.0 Å². The fourth-order valence-electron chi connectivity index (χ4n) is 2.16. The van der Waals surface area contributed by atoms with Gasteiger partial charge in [0.15, 0.2) is 0 Å². The average Bonchev–Trinajstić information content (AvgIpc) is 2.30. The van der Waals surface area contributed by atoms with Crippen molar-refractivity contribution in [3.8, 4) is 0 Å². The Balaban J connectivity index is 2.09. The Bertz CT molecular complexity index is 409. The summed E-state index contributed by atoms with van der Waals surface area (Å²) in [7, 11) is 0. The second-order valence-corrected chi connectivity index (χ2v) is 5.11. The molecule has 0 saturated carbocycles. The molecule has 2 atom stereocenters. The Morgan fingerprint density at radius 2 is 2.06 bits per heavy atom. The molecule has 0 aliphatic carbocycles. The van der Waals surface area contributed by atoms with E-state index in [2.05, 4.69) is 15.9 Å². The molecule has 0 aromatic heterocycles. The number of likely N-dealkylation sites (tertiary alicyclic amines) is 1. The minimum atomic E-state index is -1.12. The van der Waals surface area contributed by atoms with Crippen molar-refractivity contribution in [1.82, 2.24) is 4.90 Å². The third kappa shape index (κ3) is 2.77. The number of alkyl halides is 1. The zero-order valence-electron chi connectivity index (χ0n) is 9.14. The molecule has 1 aliphatic rings. The molecule has 1 saturated heterocycles. The largest absolute Gasteiger partial charge is 0.465 e. The maximum atomic E-state index is 13.9. The molecule has 3 nitrogen and oxygen atoms in total. The van der Waals surface area contributed by atoms with Crippen molar-refractivity contribution in [3.05, 3.63) is 34.3 Å². The highest BCUT2D eigenvalue weighted by atomic mass is 79.9. The van der Waals surface area contributed by atoms with Gasteiger partial charge in [0.25, 0.3) is 0 Å². The number of rotatable bonds is 1. The van der Waals surface area contributed by atoms with E-state index in [1.807, 2.05) is 24.3 Å². The van der Waals surface area contributed by atoms with Crippen molar-refractivity contribution in [2.24, 2.45) is 0 Å². The molecule has 0 radical (unpaired) electrons. The first-order chi connectivity index (χ1) is 8.08. The number of hydrogen-bond donors (Lipinski definition) is 1. The molecule has 17 heavy (non-hydrogen) atoms. The Morgan fingerprint density at radius 3 is 2.59 bits per heavy atom. The summed E-state index contributed by atoms with van der Waals surface area (Å²) in [6.45, 7) is 0.368. The lowest BCUT2D eigenvalue weighted by Gasteiger charge is -2.33. The van der Waals surface area contributed by atoms with Crippen molar-refractivity contribution in [1.29, 1.82) is 0 Å². The lowest BCUT2D eigenvalue weighted by molar-refractivity contribution is 0.0963. The first kappa shape index (κ1) is 12.4. The monoisotopic (exact) mass is 301 g/mol. The highest BCUT2D eigenvalue weighted by Crippen LogP contribution is 2.31. The zero-order valence-corrected chi connectivity index (χ0v) is 10.7. The van der Waals surface area contributed by atoms with E-state index in [9.17, 15) is 9.18 Å². The predicted octanol–water partition coefficient (Wildman–Crippen LogP) is 3.25. The summed E-state index contributed by atoms with van der Waals surface area (Å²) in [5.74, 6) is -0.196. The molecule has 0 spiro atoms. The molecule has 2 unspecified atom stereocenters. The molecule has 1 aromatic rings. The van der Waals surface area contributed by atoms with E-state index >= 15 is 0 Å². The van der Waals surface area contributed by atoms with Crippen LogP contribution >= 0.6 is 15.9 Å². The van der Waals surface area contributed by atoms with Crippen molar-refractivity contribution in [2.45, 2.75) is 18.5 Å². The minimum absolute atomic E-state index is 0.0317. The van der Waals surface area contributed by atoms with Gasteiger partial charge >= 0.3 is 6.09 Å². The molecule has 0 bridgehead atoms. The summed E-state index contributed by atoms with van der Waals surface area (Å²) >= 11 is 3.33. The fraction of sp³-hybridized carbons (Fsp3) is 0.417. The normalized spacial score (nSPS) is 24.7. The van der Waals surface area contributed by atoms with Crippen LogP contribution < -0.4 is 0 Å². The standard InChI is InChI=1S/C12H13BrFNO2/c13-9-3-1-8(2-4-9)10-5-6-15(12(16)17)7-11(10)14/h1-4,10-11H,5-7H2,(H,16,17). The number of halogens is 2. The van der Waals surface area contributed by atoms with E-state index in [-0.39, 0.29) is 12.5 Å². The van der Waals surface area contributed by atoms with E-state index in [0.717, 1.165) is 14.9 Å². The van der Waals surface area contributed by atoms with Crippen LogP contribution in [0.25, 0.3) is 0 Å². The molecule has 92 valence electrons. The lowest BCUT2D eigenvalue weighted by Crippen LogP contribution is -2.43. The average molecular weight is 302 g/mol. The maximum Gasteiger partial charge on any atom is 0.407 e. The van der Waals surface area contributed by atoms with Gasteiger partial charge in [0, 0.05) is 16.9 Å². The molecule has 1 aliphatic heterocycles. The number of nitrogens with zero attached hydrogens (tertiary/aromatic N) is 1. The van der Waals surface area contributed by atoms with Gasteiger partial charge in [0.1, 0.15) is 6.17 Å². The van der Waals surface area contributed by atoms with E-state index in [1.54, 1.807) is 0 Å². The SMILES string of the molecule is O=C(O)N1CCC(c2ccc(Br)cc2)C(F)C1. The topological polar surface area (TPSA) is 40.5 Å². The van der Waals surface area contributed by atoms with E-state index < -0.39 is 12.3 Å². The Morgan fingerprint density at radius 1 is 1.41 bits per heavy atom. The van der Waals surface area contributed by atoms with Gasteiger partial charge in [-0.15, -0.1) is 0 Å². The van der Waals surface area contributed by atoms with Gasteiger partial charge < -0.3 is 10.0 Å². The minimum Gasteiger partial charge on any atom is -0.465 e. The highest BCUT2D eigenvalue weighted by Gasteiger charge is 2.32. The van der Waals surface area contributed by atoms with Crippen molar-refractivity contribution < 1.29 is 14.3 Å². The van der Waals surface area contributed by atoms with Gasteiger partial charge in [0.2, 0.25) is 0 Å². The van der Waals surface area contributed by atoms with Gasteiger partial charge in [-0.25, -0.2) is 9.18 Å².